The SMILES string of the molecule is NCc1ccc(CNC(=O)NC2CC2)c(F)c1. The number of amides is 2. The zero-order valence-corrected chi connectivity index (χ0v) is 9.50. The fraction of sp³-hybridized carbons (Fsp3) is 0.417. The van der Waals surface area contributed by atoms with Crippen molar-refractivity contribution in [1.82, 2.24) is 10.6 Å². The first kappa shape index (κ1) is 11.9. The van der Waals surface area contributed by atoms with Gasteiger partial charge >= 0.3 is 6.03 Å². The van der Waals surface area contributed by atoms with Crippen molar-refractivity contribution in [1.29, 1.82) is 0 Å². The van der Waals surface area contributed by atoms with Crippen LogP contribution in [0.15, 0.2) is 18.2 Å². The van der Waals surface area contributed by atoms with Crippen molar-refractivity contribution in [2.45, 2.75) is 32.0 Å². The first-order chi connectivity index (χ1) is 8.19. The van der Waals surface area contributed by atoms with Gasteiger partial charge in [-0.25, -0.2) is 9.18 Å². The third-order valence-electron chi connectivity index (χ3n) is 2.71. The molecule has 0 aromatic heterocycles. The third kappa shape index (κ3) is 3.42. The highest BCUT2D eigenvalue weighted by Gasteiger charge is 2.22. The molecular formula is C12H16FN3O. The van der Waals surface area contributed by atoms with E-state index in [9.17, 15) is 9.18 Å². The van der Waals surface area contributed by atoms with Crippen LogP contribution in [0.5, 0.6) is 0 Å². The molecular weight excluding hydrogens is 221 g/mol. The van der Waals surface area contributed by atoms with Crippen LogP contribution in [0, 0.1) is 5.82 Å². The van der Waals surface area contributed by atoms with E-state index in [1.807, 2.05) is 0 Å². The van der Waals surface area contributed by atoms with Gasteiger partial charge in [0, 0.05) is 24.7 Å². The van der Waals surface area contributed by atoms with E-state index < -0.39 is 0 Å². The van der Waals surface area contributed by atoms with Crippen LogP contribution in [0.1, 0.15) is 24.0 Å². The molecule has 4 nitrogen and oxygen atoms in total. The molecule has 0 spiro atoms. The summed E-state index contributed by atoms with van der Waals surface area (Å²) in [5.74, 6) is -0.334. The number of carbonyl (C=O) groups is 1. The Morgan fingerprint density at radius 2 is 2.24 bits per heavy atom. The molecule has 2 rings (SSSR count). The number of carbonyl (C=O) groups excluding carboxylic acids is 1. The molecule has 0 atom stereocenters. The van der Waals surface area contributed by atoms with Gasteiger partial charge < -0.3 is 16.4 Å². The van der Waals surface area contributed by atoms with Crippen LogP contribution in [-0.2, 0) is 13.1 Å². The molecule has 4 N–H and O–H groups in total. The molecule has 0 heterocycles. The molecule has 0 saturated heterocycles. The highest BCUT2D eigenvalue weighted by Crippen LogP contribution is 2.18. The number of hydrogen-bond donors (Lipinski definition) is 3. The van der Waals surface area contributed by atoms with E-state index in [4.69, 9.17) is 5.73 Å². The molecule has 0 bridgehead atoms. The van der Waals surface area contributed by atoms with Crippen molar-refractivity contribution in [3.05, 3.63) is 35.1 Å². The van der Waals surface area contributed by atoms with Crippen LogP contribution >= 0.6 is 0 Å². The predicted molar refractivity (Wildman–Crippen MR) is 62.7 cm³/mol. The average Bonchev–Trinajstić information content (AvgIpc) is 3.11. The van der Waals surface area contributed by atoms with Crippen LogP contribution in [0.2, 0.25) is 0 Å². The molecule has 1 aromatic rings. The smallest absolute Gasteiger partial charge is 0.315 e. The van der Waals surface area contributed by atoms with Gasteiger partial charge in [-0.3, -0.25) is 0 Å². The highest BCUT2D eigenvalue weighted by molar-refractivity contribution is 5.74. The maximum atomic E-state index is 13.5. The lowest BCUT2D eigenvalue weighted by molar-refractivity contribution is 0.240. The topological polar surface area (TPSA) is 67.1 Å². The van der Waals surface area contributed by atoms with Crippen molar-refractivity contribution in [2.24, 2.45) is 5.73 Å². The Balaban J connectivity index is 1.87. The lowest BCUT2D eigenvalue weighted by Crippen LogP contribution is -2.36. The summed E-state index contributed by atoms with van der Waals surface area (Å²) in [5.41, 5.74) is 6.62. The van der Waals surface area contributed by atoms with Gasteiger partial charge in [0.15, 0.2) is 0 Å². The maximum absolute atomic E-state index is 13.5. The van der Waals surface area contributed by atoms with E-state index in [0.717, 1.165) is 18.4 Å². The Labute approximate surface area is 99.4 Å². The quantitative estimate of drug-likeness (QED) is 0.737. The number of halogens is 1. The molecule has 5 heteroatoms. The molecule has 0 unspecified atom stereocenters. The van der Waals surface area contributed by atoms with E-state index in [1.54, 1.807) is 12.1 Å². The summed E-state index contributed by atoms with van der Waals surface area (Å²) in [7, 11) is 0. The molecule has 1 aliphatic rings. The second-order valence-electron chi connectivity index (χ2n) is 4.23. The Bertz CT molecular complexity index is 418. The monoisotopic (exact) mass is 237 g/mol. The average molecular weight is 237 g/mol. The zero-order valence-electron chi connectivity index (χ0n) is 9.50. The van der Waals surface area contributed by atoms with Gasteiger partial charge in [0.05, 0.1) is 0 Å². The fourth-order valence-corrected chi connectivity index (χ4v) is 1.50. The van der Waals surface area contributed by atoms with Crippen molar-refractivity contribution in [3.63, 3.8) is 0 Å². The lowest BCUT2D eigenvalue weighted by Gasteiger charge is -2.08. The molecule has 0 radical (unpaired) electrons. The summed E-state index contributed by atoms with van der Waals surface area (Å²) in [6.45, 7) is 0.502. The Morgan fingerprint density at radius 1 is 1.47 bits per heavy atom. The van der Waals surface area contributed by atoms with Crippen LogP contribution in [0.4, 0.5) is 9.18 Å². The van der Waals surface area contributed by atoms with Crippen molar-refractivity contribution in [3.8, 4) is 0 Å². The number of urea groups is 1. The van der Waals surface area contributed by atoms with Gasteiger partial charge in [-0.2, -0.15) is 0 Å². The normalized spacial score (nSPS) is 14.5. The molecule has 1 aromatic carbocycles. The third-order valence-corrected chi connectivity index (χ3v) is 2.71. The van der Waals surface area contributed by atoms with E-state index in [2.05, 4.69) is 10.6 Å². The van der Waals surface area contributed by atoms with Gasteiger partial charge in [0.25, 0.3) is 0 Å². The largest absolute Gasteiger partial charge is 0.335 e. The minimum atomic E-state index is -0.334. The molecule has 2 amide bonds. The number of rotatable bonds is 4. The minimum Gasteiger partial charge on any atom is -0.335 e. The second-order valence-corrected chi connectivity index (χ2v) is 4.23. The van der Waals surface area contributed by atoms with Crippen LogP contribution in [0.3, 0.4) is 0 Å². The standard InChI is InChI=1S/C12H16FN3O/c13-11-5-8(6-14)1-2-9(11)7-15-12(17)16-10-3-4-10/h1-2,5,10H,3-4,6-7,14H2,(H2,15,16,17). The Morgan fingerprint density at radius 3 is 2.82 bits per heavy atom. The molecule has 1 aliphatic carbocycles. The Kier molecular flexibility index (Phi) is 3.58. The van der Waals surface area contributed by atoms with Crippen LogP contribution in [-0.4, -0.2) is 12.1 Å². The number of nitrogens with one attached hydrogen (secondary N) is 2. The van der Waals surface area contributed by atoms with E-state index in [-0.39, 0.29) is 18.4 Å². The van der Waals surface area contributed by atoms with Gasteiger partial charge in [0.1, 0.15) is 5.82 Å². The first-order valence-corrected chi connectivity index (χ1v) is 5.71. The fourth-order valence-electron chi connectivity index (χ4n) is 1.50. The Hall–Kier alpha value is -1.62. The summed E-state index contributed by atoms with van der Waals surface area (Å²) >= 11 is 0. The van der Waals surface area contributed by atoms with Crippen molar-refractivity contribution >= 4 is 6.03 Å². The zero-order chi connectivity index (χ0) is 12.3. The van der Waals surface area contributed by atoms with Crippen LogP contribution in [0.25, 0.3) is 0 Å². The number of benzene rings is 1. The van der Waals surface area contributed by atoms with Gasteiger partial charge in [-0.05, 0) is 24.5 Å². The molecule has 1 fully saturated rings. The van der Waals surface area contributed by atoms with E-state index in [0.29, 0.717) is 18.2 Å². The lowest BCUT2D eigenvalue weighted by atomic mass is 10.1. The van der Waals surface area contributed by atoms with Crippen molar-refractivity contribution < 1.29 is 9.18 Å². The molecule has 92 valence electrons. The molecule has 17 heavy (non-hydrogen) atoms. The maximum Gasteiger partial charge on any atom is 0.315 e. The number of nitrogens with two attached hydrogens (primary N) is 1. The second kappa shape index (κ2) is 5.14. The molecule has 1 saturated carbocycles. The summed E-state index contributed by atoms with van der Waals surface area (Å²) < 4.78 is 13.5. The molecule has 0 aliphatic heterocycles. The van der Waals surface area contributed by atoms with Crippen LogP contribution < -0.4 is 16.4 Å². The van der Waals surface area contributed by atoms with Gasteiger partial charge in [-0.1, -0.05) is 12.1 Å². The number of hydrogen-bond acceptors (Lipinski definition) is 2. The highest BCUT2D eigenvalue weighted by atomic mass is 19.1. The first-order valence-electron chi connectivity index (χ1n) is 5.71. The van der Waals surface area contributed by atoms with Gasteiger partial charge in [0.2, 0.25) is 0 Å². The summed E-state index contributed by atoms with van der Waals surface area (Å²) in [5, 5.41) is 5.40. The van der Waals surface area contributed by atoms with E-state index in [1.165, 1.54) is 6.07 Å². The minimum absolute atomic E-state index is 0.190. The van der Waals surface area contributed by atoms with Crippen molar-refractivity contribution in [2.75, 3.05) is 0 Å². The summed E-state index contributed by atoms with van der Waals surface area (Å²) in [4.78, 5) is 11.3. The van der Waals surface area contributed by atoms with Gasteiger partial charge in [-0.15, -0.1) is 0 Å². The summed E-state index contributed by atoms with van der Waals surface area (Å²) in [6, 6.07) is 4.87. The summed E-state index contributed by atoms with van der Waals surface area (Å²) in [6.07, 6.45) is 2.07. The van der Waals surface area contributed by atoms with E-state index >= 15 is 0 Å². The predicted octanol–water partition coefficient (Wildman–Crippen LogP) is 1.25.